The zero-order chi connectivity index (χ0) is 11.3. The molecule has 0 unspecified atom stereocenters. The van der Waals surface area contributed by atoms with Gasteiger partial charge in [0.1, 0.15) is 5.75 Å². The van der Waals surface area contributed by atoms with E-state index in [0.29, 0.717) is 5.71 Å². The van der Waals surface area contributed by atoms with Gasteiger partial charge in [0, 0.05) is 5.56 Å². The highest BCUT2D eigenvalue weighted by Gasteiger charge is 1.99. The third-order valence-corrected chi connectivity index (χ3v) is 1.82. The van der Waals surface area contributed by atoms with E-state index in [1.54, 1.807) is 14.0 Å². The SMILES string of the molecule is COc1cccc(/C(C)=N/NC(N)=O)c1. The van der Waals surface area contributed by atoms with Gasteiger partial charge in [-0.25, -0.2) is 10.2 Å². The lowest BCUT2D eigenvalue weighted by Crippen LogP contribution is -2.25. The molecule has 0 saturated heterocycles. The smallest absolute Gasteiger partial charge is 0.332 e. The second-order valence-corrected chi connectivity index (χ2v) is 2.91. The van der Waals surface area contributed by atoms with E-state index in [-0.39, 0.29) is 0 Å². The van der Waals surface area contributed by atoms with Crippen molar-refractivity contribution in [1.82, 2.24) is 5.43 Å². The quantitative estimate of drug-likeness (QED) is 0.575. The molecule has 0 fully saturated rings. The Morgan fingerprint density at radius 2 is 2.27 bits per heavy atom. The predicted molar refractivity (Wildman–Crippen MR) is 57.9 cm³/mol. The number of nitrogens with one attached hydrogen (secondary N) is 1. The van der Waals surface area contributed by atoms with E-state index in [9.17, 15) is 4.79 Å². The van der Waals surface area contributed by atoms with Crippen LogP contribution in [0, 0.1) is 0 Å². The number of nitrogens with zero attached hydrogens (tertiary/aromatic N) is 1. The van der Waals surface area contributed by atoms with Crippen LogP contribution in [0.2, 0.25) is 0 Å². The Morgan fingerprint density at radius 1 is 1.53 bits per heavy atom. The molecule has 0 spiro atoms. The number of nitrogens with two attached hydrogens (primary N) is 1. The maximum Gasteiger partial charge on any atom is 0.332 e. The fourth-order valence-corrected chi connectivity index (χ4v) is 1.05. The molecule has 0 aliphatic heterocycles. The van der Waals surface area contributed by atoms with Gasteiger partial charge in [-0.15, -0.1) is 0 Å². The Kier molecular flexibility index (Phi) is 3.68. The molecular formula is C10H13N3O2. The zero-order valence-electron chi connectivity index (χ0n) is 8.65. The van der Waals surface area contributed by atoms with Gasteiger partial charge in [-0.2, -0.15) is 5.10 Å². The second kappa shape index (κ2) is 4.99. The normalized spacial score (nSPS) is 10.9. The number of methoxy groups -OCH3 is 1. The molecule has 2 amide bonds. The molecule has 5 heteroatoms. The Balaban J connectivity index is 2.85. The molecule has 0 atom stereocenters. The third-order valence-electron chi connectivity index (χ3n) is 1.82. The van der Waals surface area contributed by atoms with Gasteiger partial charge in [0.05, 0.1) is 12.8 Å². The average Bonchev–Trinajstić information content (AvgIpc) is 2.26. The van der Waals surface area contributed by atoms with Crippen LogP contribution >= 0.6 is 0 Å². The standard InChI is InChI=1S/C10H13N3O2/c1-7(12-13-10(11)14)8-4-3-5-9(6-8)15-2/h3-6H,1-2H3,(H3,11,13,14)/b12-7+. The Hall–Kier alpha value is -2.04. The molecule has 0 aliphatic rings. The molecule has 5 nitrogen and oxygen atoms in total. The first kappa shape index (κ1) is 11.0. The van der Waals surface area contributed by atoms with Gasteiger partial charge >= 0.3 is 6.03 Å². The summed E-state index contributed by atoms with van der Waals surface area (Å²) in [6.07, 6.45) is 0. The fraction of sp³-hybridized carbons (Fsp3) is 0.200. The number of hydrogen-bond acceptors (Lipinski definition) is 3. The van der Waals surface area contributed by atoms with E-state index in [1.807, 2.05) is 24.3 Å². The highest BCUT2D eigenvalue weighted by Crippen LogP contribution is 2.12. The Labute approximate surface area is 87.9 Å². The van der Waals surface area contributed by atoms with Gasteiger partial charge in [-0.3, -0.25) is 0 Å². The molecule has 1 aromatic carbocycles. The van der Waals surface area contributed by atoms with E-state index in [1.165, 1.54) is 0 Å². The van der Waals surface area contributed by atoms with Gasteiger partial charge in [0.25, 0.3) is 0 Å². The van der Waals surface area contributed by atoms with Gasteiger partial charge in [-0.1, -0.05) is 12.1 Å². The highest BCUT2D eigenvalue weighted by atomic mass is 16.5. The summed E-state index contributed by atoms with van der Waals surface area (Å²) in [7, 11) is 1.59. The van der Waals surface area contributed by atoms with Crippen molar-refractivity contribution in [2.45, 2.75) is 6.92 Å². The number of hydrogen-bond donors (Lipinski definition) is 2. The van der Waals surface area contributed by atoms with Crippen molar-refractivity contribution >= 4 is 11.7 Å². The first-order valence-electron chi connectivity index (χ1n) is 4.37. The van der Waals surface area contributed by atoms with Crippen LogP contribution in [0.15, 0.2) is 29.4 Å². The Bertz CT molecular complexity index is 388. The molecule has 15 heavy (non-hydrogen) atoms. The molecule has 0 heterocycles. The minimum Gasteiger partial charge on any atom is -0.497 e. The van der Waals surface area contributed by atoms with Crippen LogP contribution in [0.1, 0.15) is 12.5 Å². The number of amides is 2. The first-order chi connectivity index (χ1) is 7.13. The molecule has 0 aliphatic carbocycles. The summed E-state index contributed by atoms with van der Waals surface area (Å²) >= 11 is 0. The van der Waals surface area contributed by atoms with E-state index in [2.05, 4.69) is 10.5 Å². The summed E-state index contributed by atoms with van der Waals surface area (Å²) in [4.78, 5) is 10.4. The number of hydrazone groups is 1. The minimum absolute atomic E-state index is 0.660. The van der Waals surface area contributed by atoms with Crippen LogP contribution in [-0.2, 0) is 0 Å². The second-order valence-electron chi connectivity index (χ2n) is 2.91. The Morgan fingerprint density at radius 3 is 2.87 bits per heavy atom. The summed E-state index contributed by atoms with van der Waals surface area (Å²) < 4.78 is 5.06. The monoisotopic (exact) mass is 207 g/mol. The molecule has 1 aromatic rings. The maximum atomic E-state index is 10.4. The van der Waals surface area contributed by atoms with Crippen LogP contribution < -0.4 is 15.9 Å². The van der Waals surface area contributed by atoms with Crippen molar-refractivity contribution < 1.29 is 9.53 Å². The largest absolute Gasteiger partial charge is 0.497 e. The van der Waals surface area contributed by atoms with E-state index in [0.717, 1.165) is 11.3 Å². The highest BCUT2D eigenvalue weighted by molar-refractivity contribution is 5.99. The zero-order valence-corrected chi connectivity index (χ0v) is 8.65. The number of ether oxygens (including phenoxy) is 1. The topological polar surface area (TPSA) is 76.7 Å². The summed E-state index contributed by atoms with van der Waals surface area (Å²) in [5.74, 6) is 0.737. The maximum absolute atomic E-state index is 10.4. The number of benzene rings is 1. The molecule has 0 aromatic heterocycles. The van der Waals surface area contributed by atoms with Gasteiger partial charge in [0.15, 0.2) is 0 Å². The van der Waals surface area contributed by atoms with Crippen molar-refractivity contribution in [1.29, 1.82) is 0 Å². The first-order valence-corrected chi connectivity index (χ1v) is 4.37. The van der Waals surface area contributed by atoms with Gasteiger partial charge < -0.3 is 10.5 Å². The lowest BCUT2D eigenvalue weighted by atomic mass is 10.1. The van der Waals surface area contributed by atoms with Crippen molar-refractivity contribution in [3.63, 3.8) is 0 Å². The van der Waals surface area contributed by atoms with Crippen molar-refractivity contribution in [2.75, 3.05) is 7.11 Å². The van der Waals surface area contributed by atoms with Gasteiger partial charge in [0.2, 0.25) is 0 Å². The van der Waals surface area contributed by atoms with Crippen molar-refractivity contribution in [3.05, 3.63) is 29.8 Å². The number of carbonyl (C=O) groups excluding carboxylic acids is 1. The van der Waals surface area contributed by atoms with E-state index in [4.69, 9.17) is 10.5 Å². The molecule has 0 bridgehead atoms. The summed E-state index contributed by atoms with van der Waals surface area (Å²) in [6.45, 7) is 1.77. The predicted octanol–water partition coefficient (Wildman–Crippen LogP) is 1.09. The molecule has 80 valence electrons. The summed E-state index contributed by atoms with van der Waals surface area (Å²) in [6, 6.07) is 6.68. The minimum atomic E-state index is -0.683. The van der Waals surface area contributed by atoms with E-state index >= 15 is 0 Å². The molecular weight excluding hydrogens is 194 g/mol. The van der Waals surface area contributed by atoms with E-state index < -0.39 is 6.03 Å². The lowest BCUT2D eigenvalue weighted by Gasteiger charge is -2.03. The summed E-state index contributed by atoms with van der Waals surface area (Å²) in [5.41, 5.74) is 8.58. The van der Waals surface area contributed by atoms with Crippen LogP contribution in [-0.4, -0.2) is 18.9 Å². The molecule has 1 rings (SSSR count). The molecule has 0 saturated carbocycles. The number of rotatable bonds is 3. The average molecular weight is 207 g/mol. The van der Waals surface area contributed by atoms with Crippen LogP contribution in [0.4, 0.5) is 4.79 Å². The number of urea groups is 1. The third kappa shape index (κ3) is 3.30. The fourth-order valence-electron chi connectivity index (χ4n) is 1.05. The van der Waals surface area contributed by atoms with Crippen molar-refractivity contribution in [2.24, 2.45) is 10.8 Å². The number of carbonyl (C=O) groups is 1. The van der Waals surface area contributed by atoms with Crippen molar-refractivity contribution in [3.8, 4) is 5.75 Å². The van der Waals surface area contributed by atoms with Crippen LogP contribution in [0.3, 0.4) is 0 Å². The van der Waals surface area contributed by atoms with Gasteiger partial charge in [-0.05, 0) is 19.1 Å². The van der Waals surface area contributed by atoms with Crippen LogP contribution in [0.25, 0.3) is 0 Å². The number of primary amides is 1. The summed E-state index contributed by atoms with van der Waals surface area (Å²) in [5, 5.41) is 3.81. The van der Waals surface area contributed by atoms with Crippen LogP contribution in [0.5, 0.6) is 5.75 Å². The molecule has 3 N–H and O–H groups in total. The lowest BCUT2D eigenvalue weighted by molar-refractivity contribution is 0.249. The molecule has 0 radical (unpaired) electrons.